The molecule has 0 aliphatic carbocycles. The summed E-state index contributed by atoms with van der Waals surface area (Å²) in [4.78, 5) is 11.9. The molecule has 0 atom stereocenters. The van der Waals surface area contributed by atoms with Gasteiger partial charge >= 0.3 is 5.97 Å². The first-order chi connectivity index (χ1) is 14.6. The van der Waals surface area contributed by atoms with E-state index in [4.69, 9.17) is 14.2 Å². The van der Waals surface area contributed by atoms with Crippen molar-refractivity contribution in [3.8, 4) is 5.75 Å². The average molecular weight is 405 g/mol. The van der Waals surface area contributed by atoms with Crippen molar-refractivity contribution in [2.75, 3.05) is 0 Å². The van der Waals surface area contributed by atoms with Crippen LogP contribution < -0.4 is 4.74 Å². The summed E-state index contributed by atoms with van der Waals surface area (Å²) in [7, 11) is 0. The van der Waals surface area contributed by atoms with Crippen LogP contribution in [-0.4, -0.2) is 5.97 Å². The number of hydrogen-bond donors (Lipinski definition) is 0. The molecule has 0 saturated heterocycles. The predicted molar refractivity (Wildman–Crippen MR) is 117 cm³/mol. The topological polar surface area (TPSA) is 44.8 Å². The van der Waals surface area contributed by atoms with E-state index in [2.05, 4.69) is 0 Å². The van der Waals surface area contributed by atoms with E-state index in [0.717, 1.165) is 28.0 Å². The first kappa shape index (κ1) is 21.6. The normalized spacial score (nSPS) is 10.8. The summed E-state index contributed by atoms with van der Waals surface area (Å²) in [6.45, 7) is 5.18. The number of ether oxygens (including phenoxy) is 3. The van der Waals surface area contributed by atoms with Gasteiger partial charge in [0.25, 0.3) is 0 Å². The second-order valence-corrected chi connectivity index (χ2v) is 7.41. The molecule has 0 saturated carbocycles. The van der Waals surface area contributed by atoms with Crippen LogP contribution in [0, 0.1) is 5.92 Å². The highest BCUT2D eigenvalue weighted by molar-refractivity contribution is 5.71. The van der Waals surface area contributed by atoms with Gasteiger partial charge in [-0.15, -0.1) is 0 Å². The van der Waals surface area contributed by atoms with Gasteiger partial charge in [-0.25, -0.2) is 0 Å². The Hall–Kier alpha value is -3.11. The smallest absolute Gasteiger partial charge is 0.308 e. The van der Waals surface area contributed by atoms with Crippen LogP contribution in [0.5, 0.6) is 5.75 Å². The lowest BCUT2D eigenvalue weighted by Gasteiger charge is -2.17. The van der Waals surface area contributed by atoms with Gasteiger partial charge in [0.1, 0.15) is 19.0 Å². The van der Waals surface area contributed by atoms with E-state index < -0.39 is 0 Å². The third-order valence-corrected chi connectivity index (χ3v) is 4.67. The molecule has 0 N–H and O–H groups in total. The average Bonchev–Trinajstić information content (AvgIpc) is 2.78. The summed E-state index contributed by atoms with van der Waals surface area (Å²) in [6, 6.07) is 25.8. The quantitative estimate of drug-likeness (QED) is 0.408. The van der Waals surface area contributed by atoms with E-state index in [0.29, 0.717) is 19.8 Å². The first-order valence-corrected chi connectivity index (χ1v) is 10.2. The SMILES string of the molecule is CC(C)C(=O)OCc1cccc(OCc2ccccc2)c1COCc1ccccc1. The van der Waals surface area contributed by atoms with Crippen LogP contribution in [0.25, 0.3) is 0 Å². The molecule has 0 aliphatic rings. The van der Waals surface area contributed by atoms with Crippen molar-refractivity contribution in [1.29, 1.82) is 0 Å². The van der Waals surface area contributed by atoms with Crippen LogP contribution in [0.1, 0.15) is 36.1 Å². The van der Waals surface area contributed by atoms with E-state index in [-0.39, 0.29) is 18.5 Å². The molecule has 0 unspecified atom stereocenters. The van der Waals surface area contributed by atoms with Gasteiger partial charge in [0.2, 0.25) is 0 Å². The van der Waals surface area contributed by atoms with Gasteiger partial charge in [-0.05, 0) is 22.8 Å². The molecule has 4 nitrogen and oxygen atoms in total. The minimum absolute atomic E-state index is 0.166. The molecule has 4 heteroatoms. The van der Waals surface area contributed by atoms with E-state index in [9.17, 15) is 4.79 Å². The van der Waals surface area contributed by atoms with Crippen molar-refractivity contribution in [2.45, 2.75) is 40.3 Å². The summed E-state index contributed by atoms with van der Waals surface area (Å²) in [5.74, 6) is 0.354. The maximum Gasteiger partial charge on any atom is 0.308 e. The van der Waals surface area contributed by atoms with Crippen LogP contribution in [0.2, 0.25) is 0 Å². The zero-order valence-corrected chi connectivity index (χ0v) is 17.5. The van der Waals surface area contributed by atoms with Crippen LogP contribution in [-0.2, 0) is 40.7 Å². The zero-order chi connectivity index (χ0) is 21.2. The molecule has 156 valence electrons. The Bertz CT molecular complexity index is 920. The zero-order valence-electron chi connectivity index (χ0n) is 17.5. The lowest BCUT2D eigenvalue weighted by atomic mass is 10.1. The van der Waals surface area contributed by atoms with Crippen molar-refractivity contribution in [3.63, 3.8) is 0 Å². The molecule has 3 rings (SSSR count). The molecular weight excluding hydrogens is 376 g/mol. The molecule has 0 bridgehead atoms. The molecule has 0 radical (unpaired) electrons. The maximum absolute atomic E-state index is 11.9. The lowest BCUT2D eigenvalue weighted by molar-refractivity contribution is -0.148. The van der Waals surface area contributed by atoms with Gasteiger partial charge in [-0.3, -0.25) is 4.79 Å². The lowest BCUT2D eigenvalue weighted by Crippen LogP contribution is -2.13. The Kier molecular flexibility index (Phi) is 8.04. The van der Waals surface area contributed by atoms with Gasteiger partial charge in [0, 0.05) is 5.56 Å². The summed E-state index contributed by atoms with van der Waals surface area (Å²) in [5.41, 5.74) is 3.99. The minimum atomic E-state index is -0.221. The molecule has 0 fully saturated rings. The summed E-state index contributed by atoms with van der Waals surface area (Å²) >= 11 is 0. The van der Waals surface area contributed by atoms with E-state index in [1.807, 2.05) is 92.7 Å². The molecular formula is C26H28O4. The fourth-order valence-electron chi connectivity index (χ4n) is 2.94. The van der Waals surface area contributed by atoms with Crippen molar-refractivity contribution in [3.05, 3.63) is 101 Å². The van der Waals surface area contributed by atoms with Crippen LogP contribution in [0.4, 0.5) is 0 Å². The number of carbonyl (C=O) groups is 1. The number of benzene rings is 3. The van der Waals surface area contributed by atoms with Crippen molar-refractivity contribution >= 4 is 5.97 Å². The highest BCUT2D eigenvalue weighted by Crippen LogP contribution is 2.26. The third kappa shape index (κ3) is 6.46. The Morgan fingerprint density at radius 1 is 0.733 bits per heavy atom. The minimum Gasteiger partial charge on any atom is -0.489 e. The van der Waals surface area contributed by atoms with Crippen LogP contribution in [0.15, 0.2) is 78.9 Å². The van der Waals surface area contributed by atoms with Crippen LogP contribution >= 0.6 is 0 Å². The molecule has 3 aromatic carbocycles. The fraction of sp³-hybridized carbons (Fsp3) is 0.269. The molecule has 0 amide bonds. The summed E-state index contributed by atoms with van der Waals surface area (Å²) < 4.78 is 17.5. The number of carbonyl (C=O) groups excluding carboxylic acids is 1. The number of esters is 1. The van der Waals surface area contributed by atoms with E-state index in [1.54, 1.807) is 0 Å². The fourth-order valence-corrected chi connectivity index (χ4v) is 2.94. The van der Waals surface area contributed by atoms with E-state index in [1.165, 1.54) is 0 Å². The number of hydrogen-bond acceptors (Lipinski definition) is 4. The Morgan fingerprint density at radius 3 is 2.00 bits per heavy atom. The molecule has 30 heavy (non-hydrogen) atoms. The number of rotatable bonds is 10. The second-order valence-electron chi connectivity index (χ2n) is 7.41. The maximum atomic E-state index is 11.9. The monoisotopic (exact) mass is 404 g/mol. The van der Waals surface area contributed by atoms with Gasteiger partial charge in [-0.1, -0.05) is 86.6 Å². The molecule has 0 spiro atoms. The third-order valence-electron chi connectivity index (χ3n) is 4.67. The van der Waals surface area contributed by atoms with Crippen molar-refractivity contribution in [1.82, 2.24) is 0 Å². The summed E-state index contributed by atoms with van der Waals surface area (Å²) in [5, 5.41) is 0. The Balaban J connectivity index is 1.73. The van der Waals surface area contributed by atoms with Gasteiger partial charge < -0.3 is 14.2 Å². The molecule has 0 heterocycles. The van der Waals surface area contributed by atoms with Crippen molar-refractivity contribution < 1.29 is 19.0 Å². The highest BCUT2D eigenvalue weighted by atomic mass is 16.5. The Labute approximate surface area is 178 Å². The standard InChI is InChI=1S/C26H28O4/c1-20(2)26(27)30-18-23-14-9-15-25(29-17-22-12-7-4-8-13-22)24(23)19-28-16-21-10-5-3-6-11-21/h3-15,20H,16-19H2,1-2H3. The predicted octanol–water partition coefficient (Wildman–Crippen LogP) is 5.68. The van der Waals surface area contributed by atoms with Crippen LogP contribution in [0.3, 0.4) is 0 Å². The molecule has 0 aromatic heterocycles. The van der Waals surface area contributed by atoms with Gasteiger partial charge in [0.05, 0.1) is 19.1 Å². The van der Waals surface area contributed by atoms with Crippen molar-refractivity contribution in [2.24, 2.45) is 5.92 Å². The van der Waals surface area contributed by atoms with Gasteiger partial charge in [-0.2, -0.15) is 0 Å². The first-order valence-electron chi connectivity index (χ1n) is 10.2. The Morgan fingerprint density at radius 2 is 1.37 bits per heavy atom. The molecule has 3 aromatic rings. The van der Waals surface area contributed by atoms with Gasteiger partial charge in [0.15, 0.2) is 0 Å². The second kappa shape index (κ2) is 11.2. The van der Waals surface area contributed by atoms with E-state index >= 15 is 0 Å². The summed E-state index contributed by atoms with van der Waals surface area (Å²) in [6.07, 6.45) is 0. The largest absolute Gasteiger partial charge is 0.489 e. The molecule has 0 aliphatic heterocycles. The highest BCUT2D eigenvalue weighted by Gasteiger charge is 2.14.